The van der Waals surface area contributed by atoms with E-state index in [-0.39, 0.29) is 24.4 Å². The van der Waals surface area contributed by atoms with Crippen molar-refractivity contribution in [2.75, 3.05) is 30.0 Å². The van der Waals surface area contributed by atoms with Gasteiger partial charge in [0.2, 0.25) is 5.88 Å². The molecular formula is C24H25ClN4O4S. The minimum Gasteiger partial charge on any atom is -0.437 e. The Labute approximate surface area is 204 Å². The minimum atomic E-state index is -3.22. The highest BCUT2D eigenvalue weighted by Crippen LogP contribution is 2.36. The number of ether oxygens (including phenoxy) is 1. The van der Waals surface area contributed by atoms with Crippen LogP contribution in [0.1, 0.15) is 24.2 Å². The zero-order valence-corrected chi connectivity index (χ0v) is 20.5. The van der Waals surface area contributed by atoms with Crippen molar-refractivity contribution in [1.82, 2.24) is 14.9 Å². The molecule has 10 heteroatoms. The first kappa shape index (κ1) is 24.0. The number of anilines is 1. The van der Waals surface area contributed by atoms with Crippen molar-refractivity contribution in [3.63, 3.8) is 0 Å². The Balaban J connectivity index is 1.66. The zero-order chi connectivity index (χ0) is 24.3. The van der Waals surface area contributed by atoms with Crippen molar-refractivity contribution in [3.05, 3.63) is 77.2 Å². The smallest absolute Gasteiger partial charge is 0.325 e. The first-order valence-corrected chi connectivity index (χ1v) is 13.3. The quantitative estimate of drug-likeness (QED) is 0.451. The predicted molar refractivity (Wildman–Crippen MR) is 131 cm³/mol. The molecule has 1 aliphatic rings. The maximum Gasteiger partial charge on any atom is 0.325 e. The fourth-order valence-electron chi connectivity index (χ4n) is 3.84. The van der Waals surface area contributed by atoms with E-state index in [1.807, 2.05) is 31.2 Å². The SMILES string of the molecule is CCc1nccnc1Oc1cccc([C@H]2CN(CCS(C)(=O)=O)C(=O)N2c2ccc(Cl)cc2)c1. The largest absolute Gasteiger partial charge is 0.437 e. The lowest BCUT2D eigenvalue weighted by molar-refractivity contribution is 0.223. The Bertz CT molecular complexity index is 1280. The molecule has 0 N–H and O–H groups in total. The summed E-state index contributed by atoms with van der Waals surface area (Å²) in [7, 11) is -3.22. The molecule has 0 unspecified atom stereocenters. The van der Waals surface area contributed by atoms with Gasteiger partial charge in [-0.15, -0.1) is 0 Å². The van der Waals surface area contributed by atoms with Crippen LogP contribution in [-0.2, 0) is 16.3 Å². The third-order valence-corrected chi connectivity index (χ3v) is 6.72. The van der Waals surface area contributed by atoms with Crippen molar-refractivity contribution >= 4 is 33.2 Å². The molecule has 0 aliphatic carbocycles. The summed E-state index contributed by atoms with van der Waals surface area (Å²) in [5, 5.41) is 0.562. The van der Waals surface area contributed by atoms with E-state index in [9.17, 15) is 13.2 Å². The summed E-state index contributed by atoms with van der Waals surface area (Å²) in [4.78, 5) is 25.1. The highest BCUT2D eigenvalue weighted by Gasteiger charge is 2.39. The Morgan fingerprint density at radius 1 is 1.12 bits per heavy atom. The van der Waals surface area contributed by atoms with Crippen LogP contribution in [0.25, 0.3) is 0 Å². The number of benzene rings is 2. The van der Waals surface area contributed by atoms with E-state index in [0.717, 1.165) is 11.3 Å². The van der Waals surface area contributed by atoms with Crippen LogP contribution in [0.3, 0.4) is 0 Å². The second-order valence-corrected chi connectivity index (χ2v) is 10.8. The topological polar surface area (TPSA) is 92.7 Å². The normalized spacial score (nSPS) is 16.2. The molecule has 3 aromatic rings. The van der Waals surface area contributed by atoms with Gasteiger partial charge in [-0.1, -0.05) is 30.7 Å². The van der Waals surface area contributed by atoms with Gasteiger partial charge in [-0.25, -0.2) is 18.2 Å². The first-order valence-electron chi connectivity index (χ1n) is 10.8. The van der Waals surface area contributed by atoms with Crippen LogP contribution >= 0.6 is 11.6 Å². The molecule has 1 aromatic heterocycles. The lowest BCUT2D eigenvalue weighted by Crippen LogP contribution is -2.35. The molecule has 1 saturated heterocycles. The van der Waals surface area contributed by atoms with Crippen LogP contribution in [0.4, 0.5) is 10.5 Å². The molecule has 1 aliphatic heterocycles. The van der Waals surface area contributed by atoms with E-state index in [0.29, 0.717) is 35.3 Å². The second-order valence-electron chi connectivity index (χ2n) is 8.06. The van der Waals surface area contributed by atoms with Gasteiger partial charge in [0, 0.05) is 42.4 Å². The molecule has 1 fully saturated rings. The molecule has 2 aromatic carbocycles. The molecule has 1 atom stereocenters. The summed E-state index contributed by atoms with van der Waals surface area (Å²) in [6.45, 7) is 2.44. The Morgan fingerprint density at radius 2 is 1.85 bits per heavy atom. The van der Waals surface area contributed by atoms with Crippen molar-refractivity contribution in [2.45, 2.75) is 19.4 Å². The highest BCUT2D eigenvalue weighted by atomic mass is 35.5. The van der Waals surface area contributed by atoms with E-state index in [2.05, 4.69) is 9.97 Å². The highest BCUT2D eigenvalue weighted by molar-refractivity contribution is 7.90. The van der Waals surface area contributed by atoms with Crippen molar-refractivity contribution in [3.8, 4) is 11.6 Å². The molecule has 0 saturated carbocycles. The third-order valence-electron chi connectivity index (χ3n) is 5.55. The number of sulfone groups is 1. The van der Waals surface area contributed by atoms with Gasteiger partial charge in [-0.05, 0) is 48.4 Å². The molecule has 0 bridgehead atoms. The number of nitrogens with zero attached hydrogens (tertiary/aromatic N) is 4. The van der Waals surface area contributed by atoms with Crippen LogP contribution in [0.5, 0.6) is 11.6 Å². The van der Waals surface area contributed by atoms with Crippen LogP contribution in [-0.4, -0.2) is 54.4 Å². The van der Waals surface area contributed by atoms with Crippen molar-refractivity contribution < 1.29 is 17.9 Å². The average Bonchev–Trinajstić information content (AvgIpc) is 3.14. The number of aromatic nitrogens is 2. The number of carbonyl (C=O) groups is 1. The molecule has 8 nitrogen and oxygen atoms in total. The van der Waals surface area contributed by atoms with Gasteiger partial charge in [0.15, 0.2) is 0 Å². The van der Waals surface area contributed by atoms with E-state index in [1.54, 1.807) is 46.5 Å². The monoisotopic (exact) mass is 500 g/mol. The van der Waals surface area contributed by atoms with Crippen LogP contribution in [0.2, 0.25) is 5.02 Å². The van der Waals surface area contributed by atoms with E-state index < -0.39 is 9.84 Å². The number of aryl methyl sites for hydroxylation is 1. The van der Waals surface area contributed by atoms with Crippen molar-refractivity contribution in [2.24, 2.45) is 0 Å². The summed E-state index contributed by atoms with van der Waals surface area (Å²) < 4.78 is 29.4. The molecule has 178 valence electrons. The fraction of sp³-hybridized carbons (Fsp3) is 0.292. The lowest BCUT2D eigenvalue weighted by atomic mass is 10.1. The van der Waals surface area contributed by atoms with Gasteiger partial charge in [0.25, 0.3) is 0 Å². The number of carbonyl (C=O) groups excluding carboxylic acids is 1. The van der Waals surface area contributed by atoms with Gasteiger partial charge in [-0.3, -0.25) is 9.88 Å². The number of urea groups is 1. The fourth-order valence-corrected chi connectivity index (χ4v) is 4.52. The summed E-state index contributed by atoms with van der Waals surface area (Å²) in [5.41, 5.74) is 2.28. The van der Waals surface area contributed by atoms with Crippen LogP contribution in [0.15, 0.2) is 60.9 Å². The summed E-state index contributed by atoms with van der Waals surface area (Å²) in [5.74, 6) is 0.912. The van der Waals surface area contributed by atoms with Gasteiger partial charge < -0.3 is 9.64 Å². The molecule has 2 heterocycles. The standard InChI is InChI=1S/C24H25ClN4O4S/c1-3-21-23(27-12-11-26-21)33-20-6-4-5-17(15-20)22-16-28(13-14-34(2,31)32)24(30)29(22)19-9-7-18(25)8-10-19/h4-12,15,22H,3,13-14,16H2,1-2H3/t22-/m1/s1. The van der Waals surface area contributed by atoms with E-state index in [4.69, 9.17) is 16.3 Å². The van der Waals surface area contributed by atoms with Gasteiger partial charge in [0.05, 0.1) is 11.8 Å². The molecular weight excluding hydrogens is 476 g/mol. The van der Waals surface area contributed by atoms with E-state index >= 15 is 0 Å². The Kier molecular flexibility index (Phi) is 7.04. The molecule has 0 radical (unpaired) electrons. The van der Waals surface area contributed by atoms with Gasteiger partial charge in [-0.2, -0.15) is 0 Å². The summed E-state index contributed by atoms with van der Waals surface area (Å²) >= 11 is 6.05. The lowest BCUT2D eigenvalue weighted by Gasteiger charge is -2.24. The first-order chi connectivity index (χ1) is 16.2. The predicted octanol–water partition coefficient (Wildman–Crippen LogP) is 4.51. The zero-order valence-electron chi connectivity index (χ0n) is 18.9. The number of hydrogen-bond acceptors (Lipinski definition) is 6. The third kappa shape index (κ3) is 5.48. The number of amides is 2. The maximum atomic E-state index is 13.3. The molecule has 34 heavy (non-hydrogen) atoms. The maximum absolute atomic E-state index is 13.3. The average molecular weight is 501 g/mol. The summed E-state index contributed by atoms with van der Waals surface area (Å²) in [6, 6.07) is 13.9. The van der Waals surface area contributed by atoms with Gasteiger partial charge in [0.1, 0.15) is 21.3 Å². The van der Waals surface area contributed by atoms with Crippen molar-refractivity contribution in [1.29, 1.82) is 0 Å². The molecule has 0 spiro atoms. The Hall–Kier alpha value is -3.17. The van der Waals surface area contributed by atoms with Crippen LogP contribution in [0, 0.1) is 0 Å². The number of hydrogen-bond donors (Lipinski definition) is 0. The minimum absolute atomic E-state index is 0.102. The van der Waals surface area contributed by atoms with Gasteiger partial charge >= 0.3 is 6.03 Å². The summed E-state index contributed by atoms with van der Waals surface area (Å²) in [6.07, 6.45) is 5.05. The van der Waals surface area contributed by atoms with Crippen LogP contribution < -0.4 is 9.64 Å². The number of halogens is 1. The Morgan fingerprint density at radius 3 is 2.56 bits per heavy atom. The molecule has 4 rings (SSSR count). The number of rotatable bonds is 8. The second kappa shape index (κ2) is 9.99. The van der Waals surface area contributed by atoms with E-state index in [1.165, 1.54) is 6.26 Å². The molecule has 2 amide bonds.